The quantitative estimate of drug-likeness (QED) is 0.893. The van der Waals surface area contributed by atoms with Crippen LogP contribution in [0.1, 0.15) is 0 Å². The van der Waals surface area contributed by atoms with Crippen LogP contribution in [0.25, 0.3) is 11.4 Å². The van der Waals surface area contributed by atoms with E-state index in [0.717, 1.165) is 11.5 Å². The van der Waals surface area contributed by atoms with Crippen molar-refractivity contribution >= 4 is 21.6 Å². The molecule has 0 aliphatic heterocycles. The molecule has 2 aromatic rings. The topological polar surface area (TPSA) is 95.2 Å². The number of sulfonamides is 1. The molecule has 0 saturated carbocycles. The number of ether oxygens (including phenoxy) is 1. The Morgan fingerprint density at radius 2 is 1.94 bits per heavy atom. The molecule has 0 aliphatic carbocycles. The highest BCUT2D eigenvalue weighted by molar-refractivity contribution is 7.91. The van der Waals surface area contributed by atoms with Gasteiger partial charge in [-0.3, -0.25) is 0 Å². The van der Waals surface area contributed by atoms with Gasteiger partial charge >= 0.3 is 0 Å². The molecule has 0 saturated heterocycles. The van der Waals surface area contributed by atoms with Gasteiger partial charge in [0.05, 0.1) is 7.11 Å². The number of primary sulfonamides is 1. The van der Waals surface area contributed by atoms with Crippen molar-refractivity contribution in [3.63, 3.8) is 0 Å². The molecule has 8 heteroatoms. The van der Waals surface area contributed by atoms with Gasteiger partial charge in [-0.15, -0.1) is 0 Å². The fourth-order valence-electron chi connectivity index (χ4n) is 1.18. The third-order valence-corrected chi connectivity index (χ3v) is 4.01. The monoisotopic (exact) mass is 271 g/mol. The Bertz CT molecular complexity index is 619. The van der Waals surface area contributed by atoms with Crippen LogP contribution in [0.5, 0.6) is 5.75 Å². The summed E-state index contributed by atoms with van der Waals surface area (Å²) in [5.41, 5.74) is 0.706. The molecule has 0 atom stereocenters. The number of methoxy groups -OCH3 is 1. The molecule has 1 aromatic heterocycles. The molecule has 0 unspecified atom stereocenters. The van der Waals surface area contributed by atoms with E-state index >= 15 is 0 Å². The highest BCUT2D eigenvalue weighted by atomic mass is 32.2. The lowest BCUT2D eigenvalue weighted by atomic mass is 10.2. The molecule has 6 nitrogen and oxygen atoms in total. The summed E-state index contributed by atoms with van der Waals surface area (Å²) in [6, 6.07) is 6.97. The first kappa shape index (κ1) is 12.0. The predicted molar refractivity (Wildman–Crippen MR) is 63.3 cm³/mol. The maximum Gasteiger partial charge on any atom is 0.266 e. The zero-order valence-electron chi connectivity index (χ0n) is 8.82. The maximum atomic E-state index is 11.0. The van der Waals surface area contributed by atoms with Gasteiger partial charge in [0.15, 0.2) is 5.82 Å². The van der Waals surface area contributed by atoms with E-state index in [9.17, 15) is 8.42 Å². The zero-order chi connectivity index (χ0) is 12.5. The van der Waals surface area contributed by atoms with Gasteiger partial charge in [-0.1, -0.05) is 0 Å². The zero-order valence-corrected chi connectivity index (χ0v) is 10.5. The second-order valence-corrected chi connectivity index (χ2v) is 5.64. The van der Waals surface area contributed by atoms with E-state index < -0.39 is 10.0 Å². The lowest BCUT2D eigenvalue weighted by Crippen LogP contribution is -2.11. The summed E-state index contributed by atoms with van der Waals surface area (Å²) >= 11 is 0.756. The van der Waals surface area contributed by atoms with Crippen LogP contribution in [0.3, 0.4) is 0 Å². The number of nitrogens with zero attached hydrogens (tertiary/aromatic N) is 2. The van der Waals surface area contributed by atoms with Crippen molar-refractivity contribution < 1.29 is 13.2 Å². The number of rotatable bonds is 3. The van der Waals surface area contributed by atoms with Gasteiger partial charge in [-0.25, -0.2) is 18.5 Å². The van der Waals surface area contributed by atoms with E-state index in [2.05, 4.69) is 9.36 Å². The van der Waals surface area contributed by atoms with E-state index in [1.54, 1.807) is 31.4 Å². The van der Waals surface area contributed by atoms with Crippen molar-refractivity contribution in [3.8, 4) is 17.1 Å². The van der Waals surface area contributed by atoms with Gasteiger partial charge < -0.3 is 4.74 Å². The summed E-state index contributed by atoms with van der Waals surface area (Å²) in [6.07, 6.45) is 0. The molecule has 0 radical (unpaired) electrons. The van der Waals surface area contributed by atoms with Crippen molar-refractivity contribution in [1.82, 2.24) is 9.36 Å². The van der Waals surface area contributed by atoms with Crippen LogP contribution >= 0.6 is 11.5 Å². The fourth-order valence-corrected chi connectivity index (χ4v) is 2.36. The van der Waals surface area contributed by atoms with Crippen molar-refractivity contribution in [2.75, 3.05) is 7.11 Å². The molecule has 17 heavy (non-hydrogen) atoms. The van der Waals surface area contributed by atoms with Crippen molar-refractivity contribution in [1.29, 1.82) is 0 Å². The van der Waals surface area contributed by atoms with E-state index in [-0.39, 0.29) is 4.34 Å². The number of hydrogen-bond acceptors (Lipinski definition) is 6. The molecule has 0 aliphatic rings. The summed E-state index contributed by atoms with van der Waals surface area (Å²) < 4.78 is 30.8. The normalized spacial score (nSPS) is 11.4. The molecule has 0 amide bonds. The van der Waals surface area contributed by atoms with E-state index in [1.807, 2.05) is 0 Å². The minimum Gasteiger partial charge on any atom is -0.497 e. The van der Waals surface area contributed by atoms with Crippen molar-refractivity contribution in [2.24, 2.45) is 5.14 Å². The Labute approximate surface area is 102 Å². The number of aromatic nitrogens is 2. The smallest absolute Gasteiger partial charge is 0.266 e. The van der Waals surface area contributed by atoms with Crippen LogP contribution < -0.4 is 9.88 Å². The Balaban J connectivity index is 2.37. The van der Waals surface area contributed by atoms with Crippen LogP contribution in [0.15, 0.2) is 28.6 Å². The lowest BCUT2D eigenvalue weighted by molar-refractivity contribution is 0.415. The Hall–Kier alpha value is -1.51. The first-order chi connectivity index (χ1) is 8.00. The standard InChI is InChI=1S/C9H9N3O3S2/c1-15-7-4-2-6(3-5-7)8-11-9(16-12-8)17(10,13)14/h2-5H,1H3,(H2,10,13,14). The minimum atomic E-state index is -3.78. The summed E-state index contributed by atoms with van der Waals surface area (Å²) in [6.45, 7) is 0. The number of nitrogens with two attached hydrogens (primary N) is 1. The summed E-state index contributed by atoms with van der Waals surface area (Å²) in [5, 5.41) is 4.95. The molecule has 1 aromatic carbocycles. The summed E-state index contributed by atoms with van der Waals surface area (Å²) in [4.78, 5) is 3.86. The molecule has 0 fully saturated rings. The molecule has 1 heterocycles. The van der Waals surface area contributed by atoms with Gasteiger partial charge in [0, 0.05) is 5.56 Å². The first-order valence-electron chi connectivity index (χ1n) is 4.51. The molecule has 2 rings (SSSR count). The van der Waals surface area contributed by atoms with Crippen LogP contribution in [0, 0.1) is 0 Å². The van der Waals surface area contributed by atoms with E-state index in [0.29, 0.717) is 17.1 Å². The van der Waals surface area contributed by atoms with Gasteiger partial charge in [0.2, 0.25) is 4.34 Å². The molecular formula is C9H9N3O3S2. The van der Waals surface area contributed by atoms with E-state index in [1.165, 1.54) is 0 Å². The van der Waals surface area contributed by atoms with Crippen molar-refractivity contribution in [3.05, 3.63) is 24.3 Å². The van der Waals surface area contributed by atoms with Crippen LogP contribution in [-0.4, -0.2) is 24.9 Å². The lowest BCUT2D eigenvalue weighted by Gasteiger charge is -1.99. The SMILES string of the molecule is COc1ccc(-c2nsc(S(N)(=O)=O)n2)cc1. The molecule has 90 valence electrons. The van der Waals surface area contributed by atoms with Crippen LogP contribution in [0.2, 0.25) is 0 Å². The van der Waals surface area contributed by atoms with E-state index in [4.69, 9.17) is 9.88 Å². The minimum absolute atomic E-state index is 0.191. The maximum absolute atomic E-state index is 11.0. The van der Waals surface area contributed by atoms with Gasteiger partial charge in [0.1, 0.15) is 5.75 Å². The second-order valence-electron chi connectivity index (χ2n) is 3.16. The predicted octanol–water partition coefficient (Wildman–Crippen LogP) is 0.861. The average Bonchev–Trinajstić information content (AvgIpc) is 2.78. The van der Waals surface area contributed by atoms with Crippen LogP contribution in [-0.2, 0) is 10.0 Å². The molecule has 0 bridgehead atoms. The molecule has 2 N–H and O–H groups in total. The second kappa shape index (κ2) is 4.40. The molecule has 0 spiro atoms. The Morgan fingerprint density at radius 3 is 2.41 bits per heavy atom. The van der Waals surface area contributed by atoms with Crippen molar-refractivity contribution in [2.45, 2.75) is 4.34 Å². The Kier molecular flexibility index (Phi) is 3.09. The largest absolute Gasteiger partial charge is 0.497 e. The average molecular weight is 271 g/mol. The molecular weight excluding hydrogens is 262 g/mol. The number of hydrogen-bond donors (Lipinski definition) is 1. The third kappa shape index (κ3) is 2.60. The highest BCUT2D eigenvalue weighted by Crippen LogP contribution is 2.22. The van der Waals surface area contributed by atoms with Gasteiger partial charge in [-0.05, 0) is 35.8 Å². The Morgan fingerprint density at radius 1 is 1.29 bits per heavy atom. The fraction of sp³-hybridized carbons (Fsp3) is 0.111. The highest BCUT2D eigenvalue weighted by Gasteiger charge is 2.15. The summed E-state index contributed by atoms with van der Waals surface area (Å²) in [5.74, 6) is 1.04. The number of benzene rings is 1. The first-order valence-corrected chi connectivity index (χ1v) is 6.83. The summed E-state index contributed by atoms with van der Waals surface area (Å²) in [7, 11) is -2.22. The van der Waals surface area contributed by atoms with Gasteiger partial charge in [0.25, 0.3) is 10.0 Å². The van der Waals surface area contributed by atoms with Crippen LogP contribution in [0.4, 0.5) is 0 Å². The van der Waals surface area contributed by atoms with Gasteiger partial charge in [-0.2, -0.15) is 4.37 Å². The third-order valence-electron chi connectivity index (χ3n) is 2.00.